The van der Waals surface area contributed by atoms with Crippen LogP contribution in [0.15, 0.2) is 60.8 Å². The van der Waals surface area contributed by atoms with E-state index in [-0.39, 0.29) is 12.1 Å². The number of carbonyl (C=O) groups is 1. The van der Waals surface area contributed by atoms with Crippen molar-refractivity contribution in [2.75, 3.05) is 19.0 Å². The molecule has 0 saturated carbocycles. The lowest BCUT2D eigenvalue weighted by Gasteiger charge is -2.14. The third kappa shape index (κ3) is 4.00. The first-order valence-corrected chi connectivity index (χ1v) is 8.38. The van der Waals surface area contributed by atoms with Crippen molar-refractivity contribution in [3.8, 4) is 0 Å². The second kappa shape index (κ2) is 7.85. The summed E-state index contributed by atoms with van der Waals surface area (Å²) in [4.78, 5) is 12.4. The Balaban J connectivity index is 1.75. The molecule has 0 bridgehead atoms. The Morgan fingerprint density at radius 3 is 2.60 bits per heavy atom. The number of carbonyl (C=O) groups excluding carboxylic acids is 1. The van der Waals surface area contributed by atoms with Crippen LogP contribution in [-0.4, -0.2) is 24.3 Å². The Labute approximate surface area is 147 Å². The van der Waals surface area contributed by atoms with E-state index in [0.717, 1.165) is 28.7 Å². The van der Waals surface area contributed by atoms with Gasteiger partial charge >= 0.3 is 6.03 Å². The molecule has 0 aliphatic carbocycles. The second-order valence-electron chi connectivity index (χ2n) is 5.98. The minimum absolute atomic E-state index is 0.0666. The first kappa shape index (κ1) is 17.0. The van der Waals surface area contributed by atoms with E-state index in [1.165, 1.54) is 0 Å². The van der Waals surface area contributed by atoms with Gasteiger partial charge in [0, 0.05) is 25.2 Å². The third-order valence-electron chi connectivity index (χ3n) is 4.22. The Hall–Kier alpha value is -2.79. The van der Waals surface area contributed by atoms with Gasteiger partial charge in [-0.25, -0.2) is 4.79 Å². The van der Waals surface area contributed by atoms with Gasteiger partial charge in [0.15, 0.2) is 0 Å². The van der Waals surface area contributed by atoms with Gasteiger partial charge in [0.1, 0.15) is 0 Å². The molecular formula is C20H23N3O2. The molecule has 0 aliphatic rings. The molecule has 0 radical (unpaired) electrons. The monoisotopic (exact) mass is 337 g/mol. The highest BCUT2D eigenvalue weighted by Gasteiger charge is 2.13. The van der Waals surface area contributed by atoms with Crippen LogP contribution in [0.3, 0.4) is 0 Å². The third-order valence-corrected chi connectivity index (χ3v) is 4.22. The van der Waals surface area contributed by atoms with Crippen molar-refractivity contribution in [3.63, 3.8) is 0 Å². The summed E-state index contributed by atoms with van der Waals surface area (Å²) in [5.41, 5.74) is 2.94. The largest absolute Gasteiger partial charge is 0.383 e. The van der Waals surface area contributed by atoms with Crippen molar-refractivity contribution in [3.05, 3.63) is 66.4 Å². The van der Waals surface area contributed by atoms with Gasteiger partial charge in [0.25, 0.3) is 0 Å². The summed E-state index contributed by atoms with van der Waals surface area (Å²) < 4.78 is 7.26. The number of methoxy groups -OCH3 is 1. The molecule has 1 atom stereocenters. The number of amides is 2. The van der Waals surface area contributed by atoms with Gasteiger partial charge in [0.2, 0.25) is 0 Å². The molecule has 2 aromatic carbocycles. The Morgan fingerprint density at radius 2 is 1.84 bits per heavy atom. The van der Waals surface area contributed by atoms with Crippen LogP contribution in [0.4, 0.5) is 10.5 Å². The molecule has 1 heterocycles. The van der Waals surface area contributed by atoms with Gasteiger partial charge in [-0.1, -0.05) is 48.5 Å². The molecule has 0 aliphatic heterocycles. The number of benzene rings is 2. The number of hydrogen-bond donors (Lipinski definition) is 2. The van der Waals surface area contributed by atoms with Gasteiger partial charge in [0.05, 0.1) is 23.9 Å². The molecular weight excluding hydrogens is 314 g/mol. The number of fused-ring (bicyclic) bond motifs is 1. The first-order valence-electron chi connectivity index (χ1n) is 8.38. The van der Waals surface area contributed by atoms with E-state index in [1.807, 2.05) is 67.7 Å². The van der Waals surface area contributed by atoms with Crippen molar-refractivity contribution >= 4 is 22.6 Å². The number of nitrogens with one attached hydrogen (secondary N) is 2. The minimum Gasteiger partial charge on any atom is -0.383 e. The lowest BCUT2D eigenvalue weighted by molar-refractivity contribution is 0.188. The fourth-order valence-electron chi connectivity index (χ4n) is 2.90. The van der Waals surface area contributed by atoms with Crippen LogP contribution < -0.4 is 10.6 Å². The molecule has 1 aromatic heterocycles. The topological polar surface area (TPSA) is 55.3 Å². The normalized spacial score (nSPS) is 12.1. The molecule has 130 valence electrons. The quantitative estimate of drug-likeness (QED) is 0.709. The number of rotatable bonds is 6. The van der Waals surface area contributed by atoms with E-state index in [9.17, 15) is 4.79 Å². The standard InChI is InChI=1S/C20H23N3O2/c1-15(16-8-4-3-5-9-16)21-20(24)22-18-14-23(12-13-25-2)19-11-7-6-10-17(18)19/h3-11,14-15H,12-13H2,1-2H3,(H2,21,22,24). The maximum atomic E-state index is 12.4. The van der Waals surface area contributed by atoms with E-state index < -0.39 is 0 Å². The van der Waals surface area contributed by atoms with E-state index in [1.54, 1.807) is 7.11 Å². The van der Waals surface area contributed by atoms with Crippen molar-refractivity contribution < 1.29 is 9.53 Å². The number of urea groups is 1. The predicted molar refractivity (Wildman–Crippen MR) is 101 cm³/mol. The number of nitrogens with zero attached hydrogens (tertiary/aromatic N) is 1. The molecule has 5 nitrogen and oxygen atoms in total. The maximum absolute atomic E-state index is 12.4. The maximum Gasteiger partial charge on any atom is 0.319 e. The van der Waals surface area contributed by atoms with E-state index in [2.05, 4.69) is 15.2 Å². The summed E-state index contributed by atoms with van der Waals surface area (Å²) in [6.07, 6.45) is 1.95. The predicted octanol–water partition coefficient (Wildman–Crippen LogP) is 4.17. The van der Waals surface area contributed by atoms with Gasteiger partial charge in [-0.2, -0.15) is 0 Å². The average molecular weight is 337 g/mol. The van der Waals surface area contributed by atoms with Gasteiger partial charge in [-0.05, 0) is 18.6 Å². The summed E-state index contributed by atoms with van der Waals surface area (Å²) in [5, 5.41) is 6.96. The molecule has 0 spiro atoms. The molecule has 25 heavy (non-hydrogen) atoms. The molecule has 0 fully saturated rings. The molecule has 3 aromatic rings. The summed E-state index contributed by atoms with van der Waals surface area (Å²) in [6, 6.07) is 17.6. The highest BCUT2D eigenvalue weighted by atomic mass is 16.5. The zero-order chi connectivity index (χ0) is 17.6. The zero-order valence-corrected chi connectivity index (χ0v) is 14.5. The molecule has 1 unspecified atom stereocenters. The van der Waals surface area contributed by atoms with Gasteiger partial charge < -0.3 is 19.9 Å². The smallest absolute Gasteiger partial charge is 0.319 e. The van der Waals surface area contributed by atoms with Crippen LogP contribution in [0.1, 0.15) is 18.5 Å². The summed E-state index contributed by atoms with van der Waals surface area (Å²) in [6.45, 7) is 3.33. The molecule has 2 N–H and O–H groups in total. The zero-order valence-electron chi connectivity index (χ0n) is 14.5. The van der Waals surface area contributed by atoms with Crippen LogP contribution in [-0.2, 0) is 11.3 Å². The lowest BCUT2D eigenvalue weighted by atomic mass is 10.1. The number of anilines is 1. The Morgan fingerprint density at radius 1 is 1.12 bits per heavy atom. The second-order valence-corrected chi connectivity index (χ2v) is 5.98. The van der Waals surface area contributed by atoms with Crippen LogP contribution in [0.2, 0.25) is 0 Å². The van der Waals surface area contributed by atoms with Gasteiger partial charge in [-0.3, -0.25) is 0 Å². The van der Waals surface area contributed by atoms with Gasteiger partial charge in [-0.15, -0.1) is 0 Å². The molecule has 5 heteroatoms. The summed E-state index contributed by atoms with van der Waals surface area (Å²) in [5.74, 6) is 0. The molecule has 0 saturated heterocycles. The number of ether oxygens (including phenoxy) is 1. The fourth-order valence-corrected chi connectivity index (χ4v) is 2.90. The highest BCUT2D eigenvalue weighted by molar-refractivity contribution is 6.01. The molecule has 3 rings (SSSR count). The van der Waals surface area contributed by atoms with Crippen LogP contribution >= 0.6 is 0 Å². The number of aromatic nitrogens is 1. The molecule has 2 amide bonds. The van der Waals surface area contributed by atoms with E-state index >= 15 is 0 Å². The van der Waals surface area contributed by atoms with Crippen molar-refractivity contribution in [2.24, 2.45) is 0 Å². The van der Waals surface area contributed by atoms with Crippen LogP contribution in [0, 0.1) is 0 Å². The minimum atomic E-state index is -0.217. The van der Waals surface area contributed by atoms with Crippen molar-refractivity contribution in [1.82, 2.24) is 9.88 Å². The first-order chi connectivity index (χ1) is 12.2. The van der Waals surface area contributed by atoms with Crippen molar-refractivity contribution in [2.45, 2.75) is 19.5 Å². The van der Waals surface area contributed by atoms with Crippen LogP contribution in [0.5, 0.6) is 0 Å². The summed E-state index contributed by atoms with van der Waals surface area (Å²) >= 11 is 0. The highest BCUT2D eigenvalue weighted by Crippen LogP contribution is 2.26. The Bertz CT molecular complexity index is 843. The average Bonchev–Trinajstić information content (AvgIpc) is 2.98. The van der Waals surface area contributed by atoms with Crippen molar-refractivity contribution in [1.29, 1.82) is 0 Å². The van der Waals surface area contributed by atoms with E-state index in [4.69, 9.17) is 4.74 Å². The number of hydrogen-bond acceptors (Lipinski definition) is 2. The fraction of sp³-hybridized carbons (Fsp3) is 0.250. The Kier molecular flexibility index (Phi) is 5.36. The van der Waals surface area contributed by atoms with Crippen LogP contribution in [0.25, 0.3) is 10.9 Å². The summed E-state index contributed by atoms with van der Waals surface area (Å²) in [7, 11) is 1.68. The number of para-hydroxylation sites is 1. The van der Waals surface area contributed by atoms with E-state index in [0.29, 0.717) is 6.61 Å². The SMILES string of the molecule is COCCn1cc(NC(=O)NC(C)c2ccccc2)c2ccccc21. The lowest BCUT2D eigenvalue weighted by Crippen LogP contribution is -2.31.